The first-order valence-corrected chi connectivity index (χ1v) is 4.02. The molecule has 0 aliphatic heterocycles. The van der Waals surface area contributed by atoms with Crippen LogP contribution in [0.25, 0.3) is 0 Å². The predicted molar refractivity (Wildman–Crippen MR) is 44.0 cm³/mol. The Hall–Kier alpha value is -0.170. The third kappa shape index (κ3) is 180. The molecule has 0 aliphatic rings. The minimum Gasteiger partial charge on any atom is -0.300 e. The summed E-state index contributed by atoms with van der Waals surface area (Å²) < 4.78 is 25.2. The molecular weight excluding hydrogens is 194 g/mol. The first-order chi connectivity index (χ1) is 4.27. The number of carbonyl (C=O) groups is 1. The van der Waals surface area contributed by atoms with E-state index in [0.29, 0.717) is 6.42 Å². The van der Waals surface area contributed by atoms with Crippen molar-refractivity contribution in [1.29, 1.82) is 0 Å². The molecule has 11 heavy (non-hydrogen) atoms. The average molecular weight is 206 g/mol. The maximum atomic E-state index is 9.81. The second kappa shape index (κ2) is 7.93. The normalized spacial score (nSPS) is 8.73. The lowest BCUT2D eigenvalue weighted by Crippen LogP contribution is -2.08. The number of ketones is 1. The summed E-state index contributed by atoms with van der Waals surface area (Å²) >= 11 is 0. The minimum atomic E-state index is -4.17. The average Bonchev–Trinajstić information content (AvgIpc) is 1.61. The largest absolute Gasteiger partial charge is 0.330 e. The molecule has 7 heteroatoms. The van der Waals surface area contributed by atoms with Crippen molar-refractivity contribution >= 4 is 28.5 Å². The van der Waals surface area contributed by atoms with Gasteiger partial charge in [-0.1, -0.05) is 6.92 Å². The smallest absolute Gasteiger partial charge is 0.300 e. The molecule has 70 valence electrons. The van der Waals surface area contributed by atoms with Crippen LogP contribution in [0.5, 0.6) is 0 Å². The number of carbonyl (C=O) groups excluding carboxylic acids is 1. The second-order valence-corrected chi connectivity index (χ2v) is 2.60. The van der Waals surface area contributed by atoms with E-state index in [1.165, 1.54) is 0 Å². The van der Waals surface area contributed by atoms with E-state index in [-0.39, 0.29) is 18.2 Å². The molecule has 0 rings (SSSR count). The van der Waals surface area contributed by atoms with Gasteiger partial charge < -0.3 is 4.79 Å². The Bertz CT molecular complexity index is 180. The van der Waals surface area contributed by atoms with E-state index in [0.717, 1.165) is 0 Å². The molecule has 0 fully saturated rings. The van der Waals surface area contributed by atoms with Gasteiger partial charge in [0.25, 0.3) is 0 Å². The molecule has 0 aliphatic carbocycles. The van der Waals surface area contributed by atoms with E-state index < -0.39 is 10.3 Å². The second-order valence-electron chi connectivity index (χ2n) is 1.57. The van der Waals surface area contributed by atoms with Crippen molar-refractivity contribution in [3.63, 3.8) is 0 Å². The van der Waals surface area contributed by atoms with Crippen molar-refractivity contribution in [2.24, 2.45) is 5.14 Å². The molecule has 3 N–H and O–H groups in total. The maximum absolute atomic E-state index is 9.81. The molecule has 0 saturated heterocycles. The van der Waals surface area contributed by atoms with Crippen LogP contribution in [0.1, 0.15) is 20.3 Å². The van der Waals surface area contributed by atoms with Crippen molar-refractivity contribution in [3.8, 4) is 0 Å². The molecule has 0 aromatic rings. The van der Waals surface area contributed by atoms with Crippen molar-refractivity contribution in [1.82, 2.24) is 0 Å². The quantitative estimate of drug-likeness (QED) is 0.596. The van der Waals surface area contributed by atoms with Gasteiger partial charge in [-0.3, -0.25) is 4.55 Å². The molecular formula is C4H12ClNO4S. The highest BCUT2D eigenvalue weighted by molar-refractivity contribution is 7.83. The molecule has 0 unspecified atom stereocenters. The standard InChI is InChI=1S/C4H8O.ClH.H3NO3S/c1-3-4(2)5;;1-5(2,3)4/h3H2,1-2H3;1H;(H3,1,2,3,4). The summed E-state index contributed by atoms with van der Waals surface area (Å²) in [5.74, 6) is 0.255. The maximum Gasteiger partial charge on any atom is 0.330 e. The van der Waals surface area contributed by atoms with Crippen LogP contribution in [0.2, 0.25) is 0 Å². The number of rotatable bonds is 1. The third-order valence-electron chi connectivity index (χ3n) is 0.498. The highest BCUT2D eigenvalue weighted by Crippen LogP contribution is 1.71. The number of halogens is 1. The fourth-order valence-corrected chi connectivity index (χ4v) is 0. The van der Waals surface area contributed by atoms with E-state index in [1.54, 1.807) is 6.92 Å². The lowest BCUT2D eigenvalue weighted by Gasteiger charge is -1.71. The Labute approximate surface area is 72.3 Å². The Morgan fingerprint density at radius 1 is 1.55 bits per heavy atom. The Morgan fingerprint density at radius 3 is 1.64 bits per heavy atom. The van der Waals surface area contributed by atoms with Gasteiger partial charge in [0.15, 0.2) is 0 Å². The topological polar surface area (TPSA) is 97.5 Å². The van der Waals surface area contributed by atoms with Gasteiger partial charge in [-0.05, 0) is 6.92 Å². The summed E-state index contributed by atoms with van der Waals surface area (Å²) in [6.07, 6.45) is 0.667. The SMILES string of the molecule is CCC(C)=O.Cl.NS(=O)(=O)O. The molecule has 0 saturated carbocycles. The fourth-order valence-electron chi connectivity index (χ4n) is 0. The molecule has 0 aromatic heterocycles. The zero-order chi connectivity index (χ0) is 8.78. The zero-order valence-corrected chi connectivity index (χ0v) is 7.91. The van der Waals surface area contributed by atoms with Crippen molar-refractivity contribution < 1.29 is 17.8 Å². The number of Topliss-reactive ketones (excluding diaryl/α,β-unsaturated/α-hetero) is 1. The van der Waals surface area contributed by atoms with Crippen molar-refractivity contribution in [3.05, 3.63) is 0 Å². The fraction of sp³-hybridized carbons (Fsp3) is 0.750. The molecule has 0 radical (unpaired) electrons. The highest BCUT2D eigenvalue weighted by Gasteiger charge is 1.81. The van der Waals surface area contributed by atoms with E-state index in [4.69, 9.17) is 13.0 Å². The lowest BCUT2D eigenvalue weighted by molar-refractivity contribution is -0.116. The molecule has 5 nitrogen and oxygen atoms in total. The summed E-state index contributed by atoms with van der Waals surface area (Å²) in [5.41, 5.74) is 0. The molecule has 0 amide bonds. The van der Waals surface area contributed by atoms with Crippen LogP contribution in [0.15, 0.2) is 0 Å². The Morgan fingerprint density at radius 2 is 1.64 bits per heavy atom. The zero-order valence-electron chi connectivity index (χ0n) is 6.27. The van der Waals surface area contributed by atoms with Crippen LogP contribution in [0.3, 0.4) is 0 Å². The van der Waals surface area contributed by atoms with Crippen LogP contribution >= 0.6 is 12.4 Å². The van der Waals surface area contributed by atoms with Crippen LogP contribution in [0, 0.1) is 0 Å². The Balaban J connectivity index is -0.000000107. The molecule has 0 aromatic carbocycles. The van der Waals surface area contributed by atoms with Crippen LogP contribution in [-0.4, -0.2) is 18.8 Å². The summed E-state index contributed by atoms with van der Waals surface area (Å²) in [6, 6.07) is 0. The number of nitrogens with two attached hydrogens (primary N) is 1. The van der Waals surface area contributed by atoms with E-state index in [9.17, 15) is 4.79 Å². The first kappa shape index (κ1) is 17.1. The monoisotopic (exact) mass is 205 g/mol. The van der Waals surface area contributed by atoms with Gasteiger partial charge in [-0.2, -0.15) is 8.42 Å². The van der Waals surface area contributed by atoms with Crippen LogP contribution in [0.4, 0.5) is 0 Å². The lowest BCUT2D eigenvalue weighted by atomic mass is 10.4. The molecule has 0 heterocycles. The van der Waals surface area contributed by atoms with E-state index >= 15 is 0 Å². The number of hydrogen-bond donors (Lipinski definition) is 2. The van der Waals surface area contributed by atoms with Gasteiger partial charge in [0.2, 0.25) is 0 Å². The number of hydrogen-bond acceptors (Lipinski definition) is 3. The summed E-state index contributed by atoms with van der Waals surface area (Å²) in [7, 11) is -4.17. The minimum absolute atomic E-state index is 0. The van der Waals surface area contributed by atoms with Gasteiger partial charge >= 0.3 is 10.3 Å². The van der Waals surface area contributed by atoms with Crippen molar-refractivity contribution in [2.45, 2.75) is 20.3 Å². The summed E-state index contributed by atoms with van der Waals surface area (Å²) in [6.45, 7) is 3.43. The van der Waals surface area contributed by atoms with Gasteiger partial charge in [-0.25, -0.2) is 5.14 Å². The van der Waals surface area contributed by atoms with Gasteiger partial charge in [0, 0.05) is 6.42 Å². The summed E-state index contributed by atoms with van der Waals surface area (Å²) in [5, 5.41) is 3.88. The molecule has 0 atom stereocenters. The van der Waals surface area contributed by atoms with Crippen LogP contribution < -0.4 is 5.14 Å². The van der Waals surface area contributed by atoms with Gasteiger partial charge in [0.05, 0.1) is 0 Å². The summed E-state index contributed by atoms with van der Waals surface area (Å²) in [4.78, 5) is 9.81. The van der Waals surface area contributed by atoms with Crippen LogP contribution in [-0.2, 0) is 15.1 Å². The van der Waals surface area contributed by atoms with E-state index in [1.807, 2.05) is 6.92 Å². The first-order valence-electron chi connectivity index (χ1n) is 2.52. The Kier molecular flexibility index (Phi) is 12.3. The van der Waals surface area contributed by atoms with Gasteiger partial charge in [-0.15, -0.1) is 12.4 Å². The van der Waals surface area contributed by atoms with E-state index in [2.05, 4.69) is 5.14 Å². The van der Waals surface area contributed by atoms with Crippen molar-refractivity contribution in [2.75, 3.05) is 0 Å². The highest BCUT2D eigenvalue weighted by atomic mass is 35.5. The molecule has 0 bridgehead atoms. The third-order valence-corrected chi connectivity index (χ3v) is 0.498. The van der Waals surface area contributed by atoms with Gasteiger partial charge in [0.1, 0.15) is 5.78 Å². The predicted octanol–water partition coefficient (Wildman–Crippen LogP) is 0.155. The molecule has 0 spiro atoms.